The van der Waals surface area contributed by atoms with Crippen LogP contribution in [0.4, 0.5) is 0 Å². The molecule has 2 heterocycles. The third kappa shape index (κ3) is 3.83. The summed E-state index contributed by atoms with van der Waals surface area (Å²) in [5.41, 5.74) is -0.485. The van der Waals surface area contributed by atoms with Crippen LogP contribution in [0.3, 0.4) is 0 Å². The molecule has 6 N–H and O–H groups in total. The maximum Gasteiger partial charge on any atom is 0.197 e. The van der Waals surface area contributed by atoms with E-state index in [1.54, 1.807) is 6.07 Å². The number of hydrogen-bond donors (Lipinski definition) is 6. The van der Waals surface area contributed by atoms with Crippen molar-refractivity contribution in [2.75, 3.05) is 20.8 Å². The van der Waals surface area contributed by atoms with Gasteiger partial charge < -0.3 is 49.3 Å². The van der Waals surface area contributed by atoms with Crippen LogP contribution in [0.15, 0.2) is 39.5 Å². The largest absolute Gasteiger partial charge is 0.506 e. The van der Waals surface area contributed by atoms with Crippen molar-refractivity contribution in [2.24, 2.45) is 0 Å². The Kier molecular flexibility index (Phi) is 6.39. The van der Waals surface area contributed by atoms with Crippen molar-refractivity contribution in [1.29, 1.82) is 0 Å². The van der Waals surface area contributed by atoms with Gasteiger partial charge in [0.25, 0.3) is 0 Å². The summed E-state index contributed by atoms with van der Waals surface area (Å²) < 4.78 is 21.7. The van der Waals surface area contributed by atoms with E-state index in [9.17, 15) is 35.4 Å². The highest BCUT2D eigenvalue weighted by Crippen LogP contribution is 2.45. The van der Waals surface area contributed by atoms with E-state index in [1.165, 1.54) is 32.4 Å². The number of aliphatic hydroxyl groups excluding tert-OH is 4. The molecule has 4 rings (SSSR count). The molecule has 11 nitrogen and oxygen atoms in total. The summed E-state index contributed by atoms with van der Waals surface area (Å²) in [4.78, 5) is 13.0. The highest BCUT2D eigenvalue weighted by molar-refractivity contribution is 5.88. The van der Waals surface area contributed by atoms with E-state index in [0.717, 1.165) is 6.07 Å². The zero-order valence-electron chi connectivity index (χ0n) is 18.2. The summed E-state index contributed by atoms with van der Waals surface area (Å²) in [5, 5.41) is 61.0. The third-order valence-corrected chi connectivity index (χ3v) is 5.85. The number of fused-ring (bicyclic) bond motifs is 1. The van der Waals surface area contributed by atoms with E-state index in [0.29, 0.717) is 5.56 Å². The SMILES string of the molecule is COc1ccc(-c2cc(=O)c3c(O)c([C@@H]4O[C@H](CO)[C@@H](O)[C@H](O)[C@H]4O)c(OC)cc3o2)cc1O. The van der Waals surface area contributed by atoms with Crippen LogP contribution >= 0.6 is 0 Å². The van der Waals surface area contributed by atoms with Gasteiger partial charge in [-0.3, -0.25) is 4.79 Å². The quantitative estimate of drug-likeness (QED) is 0.300. The fourth-order valence-corrected chi connectivity index (χ4v) is 4.06. The van der Waals surface area contributed by atoms with Crippen molar-refractivity contribution in [1.82, 2.24) is 0 Å². The number of phenolic OH excluding ortho intramolecular Hbond substituents is 2. The molecule has 5 atom stereocenters. The molecule has 34 heavy (non-hydrogen) atoms. The number of aliphatic hydroxyl groups is 4. The summed E-state index contributed by atoms with van der Waals surface area (Å²) >= 11 is 0. The van der Waals surface area contributed by atoms with Crippen LogP contribution in [0.5, 0.6) is 23.0 Å². The minimum absolute atomic E-state index is 0.0350. The van der Waals surface area contributed by atoms with E-state index in [2.05, 4.69) is 0 Å². The molecule has 0 bridgehead atoms. The van der Waals surface area contributed by atoms with Crippen LogP contribution < -0.4 is 14.9 Å². The minimum Gasteiger partial charge on any atom is -0.506 e. The second kappa shape index (κ2) is 9.12. The van der Waals surface area contributed by atoms with Gasteiger partial charge in [0.2, 0.25) is 0 Å². The van der Waals surface area contributed by atoms with Crippen LogP contribution in [0.25, 0.3) is 22.3 Å². The number of hydrogen-bond acceptors (Lipinski definition) is 11. The monoisotopic (exact) mass is 476 g/mol. The van der Waals surface area contributed by atoms with Gasteiger partial charge in [0.1, 0.15) is 58.7 Å². The normalized spacial score (nSPS) is 24.8. The molecule has 0 radical (unpaired) electrons. The lowest BCUT2D eigenvalue weighted by Gasteiger charge is -2.40. The molecule has 0 spiro atoms. The molecule has 0 aliphatic carbocycles. The number of benzene rings is 2. The van der Waals surface area contributed by atoms with Gasteiger partial charge in [0, 0.05) is 17.7 Å². The Balaban J connectivity index is 1.88. The molecule has 1 aliphatic heterocycles. The lowest BCUT2D eigenvalue weighted by atomic mass is 9.89. The van der Waals surface area contributed by atoms with Crippen molar-refractivity contribution < 1.29 is 49.3 Å². The summed E-state index contributed by atoms with van der Waals surface area (Å²) in [5.74, 6) is -0.488. The Hall–Kier alpha value is -3.35. The van der Waals surface area contributed by atoms with Gasteiger partial charge in [-0.25, -0.2) is 0 Å². The fourth-order valence-electron chi connectivity index (χ4n) is 4.06. The predicted octanol–water partition coefficient (Wildman–Crippen LogP) is 0.403. The highest BCUT2D eigenvalue weighted by atomic mass is 16.5. The molecular weight excluding hydrogens is 452 g/mol. The molecule has 0 unspecified atom stereocenters. The number of aromatic hydroxyl groups is 2. The van der Waals surface area contributed by atoms with E-state index >= 15 is 0 Å². The Morgan fingerprint density at radius 1 is 0.941 bits per heavy atom. The first-order valence-corrected chi connectivity index (χ1v) is 10.3. The van der Waals surface area contributed by atoms with Gasteiger partial charge in [0.05, 0.1) is 26.4 Å². The lowest BCUT2D eigenvalue weighted by molar-refractivity contribution is -0.232. The average molecular weight is 476 g/mol. The van der Waals surface area contributed by atoms with Crippen LogP contribution in [-0.2, 0) is 4.74 Å². The van der Waals surface area contributed by atoms with Crippen LogP contribution in [0, 0.1) is 0 Å². The first-order chi connectivity index (χ1) is 16.2. The van der Waals surface area contributed by atoms with Crippen molar-refractivity contribution >= 4 is 11.0 Å². The number of ether oxygens (including phenoxy) is 3. The molecule has 1 aliphatic rings. The Bertz CT molecular complexity index is 1270. The van der Waals surface area contributed by atoms with Crippen molar-refractivity contribution in [3.63, 3.8) is 0 Å². The standard InChI is InChI=1S/C23H24O11/c1-31-12-4-3-9(5-10(12)25)13-6-11(26)17-15(33-13)7-14(32-2)18(20(17)28)23-22(30)21(29)19(27)16(8-24)34-23/h3-7,16,19,21-25,27-30H,8H2,1-2H3/t16-,19-,21+,22-,23+/m1/s1. The third-order valence-electron chi connectivity index (χ3n) is 5.85. The molecule has 1 saturated heterocycles. The summed E-state index contributed by atoms with van der Waals surface area (Å²) in [7, 11) is 2.67. The summed E-state index contributed by atoms with van der Waals surface area (Å²) in [6.45, 7) is -0.668. The Morgan fingerprint density at radius 3 is 2.26 bits per heavy atom. The molecule has 2 aromatic carbocycles. The van der Waals surface area contributed by atoms with Crippen molar-refractivity contribution in [3.8, 4) is 34.3 Å². The van der Waals surface area contributed by atoms with Gasteiger partial charge >= 0.3 is 0 Å². The molecule has 182 valence electrons. The maximum absolute atomic E-state index is 13.0. The van der Waals surface area contributed by atoms with Crippen molar-refractivity contribution in [3.05, 3.63) is 46.1 Å². The second-order valence-corrected chi connectivity index (χ2v) is 7.83. The van der Waals surface area contributed by atoms with E-state index < -0.39 is 48.3 Å². The lowest BCUT2D eigenvalue weighted by Crippen LogP contribution is -2.55. The van der Waals surface area contributed by atoms with Crippen molar-refractivity contribution in [2.45, 2.75) is 30.5 Å². The molecule has 1 fully saturated rings. The Labute approximate surface area is 192 Å². The molecule has 3 aromatic rings. The second-order valence-electron chi connectivity index (χ2n) is 7.83. The maximum atomic E-state index is 13.0. The predicted molar refractivity (Wildman–Crippen MR) is 117 cm³/mol. The van der Waals surface area contributed by atoms with E-state index in [1.807, 2.05) is 0 Å². The highest BCUT2D eigenvalue weighted by Gasteiger charge is 2.46. The topological polar surface area (TPSA) is 179 Å². The Morgan fingerprint density at radius 2 is 1.65 bits per heavy atom. The molecule has 0 amide bonds. The molecular formula is C23H24O11. The average Bonchev–Trinajstić information content (AvgIpc) is 2.82. The summed E-state index contributed by atoms with van der Waals surface area (Å²) in [6, 6.07) is 6.84. The number of methoxy groups -OCH3 is 2. The van der Waals surface area contributed by atoms with E-state index in [-0.39, 0.29) is 39.5 Å². The zero-order valence-corrected chi connectivity index (χ0v) is 18.2. The zero-order chi connectivity index (χ0) is 24.7. The fraction of sp³-hybridized carbons (Fsp3) is 0.348. The number of phenols is 2. The minimum atomic E-state index is -1.70. The molecule has 11 heteroatoms. The number of rotatable bonds is 5. The van der Waals surface area contributed by atoms with Gasteiger partial charge in [-0.2, -0.15) is 0 Å². The van der Waals surface area contributed by atoms with Crippen LogP contribution in [-0.4, -0.2) is 75.9 Å². The van der Waals surface area contributed by atoms with Gasteiger partial charge in [-0.05, 0) is 18.2 Å². The summed E-state index contributed by atoms with van der Waals surface area (Å²) in [6.07, 6.45) is -7.67. The first kappa shape index (κ1) is 23.8. The van der Waals surface area contributed by atoms with E-state index in [4.69, 9.17) is 18.6 Å². The van der Waals surface area contributed by atoms with Gasteiger partial charge in [-0.1, -0.05) is 0 Å². The smallest absolute Gasteiger partial charge is 0.197 e. The van der Waals surface area contributed by atoms with Crippen LogP contribution in [0.1, 0.15) is 11.7 Å². The van der Waals surface area contributed by atoms with Crippen LogP contribution in [0.2, 0.25) is 0 Å². The molecule has 0 saturated carbocycles. The van der Waals surface area contributed by atoms with Gasteiger partial charge in [-0.15, -0.1) is 0 Å². The molecule has 1 aromatic heterocycles. The first-order valence-electron chi connectivity index (χ1n) is 10.3. The van der Waals surface area contributed by atoms with Gasteiger partial charge in [0.15, 0.2) is 16.9 Å².